The Hall–Kier alpha value is -2.59. The Bertz CT molecular complexity index is 1030. The minimum absolute atomic E-state index is 0.0337. The molecule has 1 amide bonds. The molecule has 1 heterocycles. The molecule has 0 radical (unpaired) electrons. The van der Waals surface area contributed by atoms with Crippen LogP contribution in [0.2, 0.25) is 5.02 Å². The van der Waals surface area contributed by atoms with E-state index >= 15 is 0 Å². The van der Waals surface area contributed by atoms with Crippen molar-refractivity contribution in [3.05, 3.63) is 63.8 Å². The van der Waals surface area contributed by atoms with E-state index in [9.17, 15) is 9.59 Å². The first-order valence-electron chi connectivity index (χ1n) is 9.26. The van der Waals surface area contributed by atoms with E-state index in [0.717, 1.165) is 25.7 Å². The van der Waals surface area contributed by atoms with Crippen molar-refractivity contribution in [3.8, 4) is 11.1 Å². The molecule has 4 nitrogen and oxygen atoms in total. The van der Waals surface area contributed by atoms with E-state index in [1.165, 1.54) is 6.42 Å². The van der Waals surface area contributed by atoms with E-state index in [1.807, 2.05) is 0 Å². The molecule has 0 aliphatic heterocycles. The normalized spacial score (nSPS) is 15.0. The highest BCUT2D eigenvalue weighted by Gasteiger charge is 2.24. The minimum atomic E-state index is -0.168. The first kappa shape index (κ1) is 17.8. The number of carbonyl (C=O) groups is 1. The number of halogens is 1. The number of fused-ring (bicyclic) bond motifs is 1. The van der Waals surface area contributed by atoms with E-state index in [0.29, 0.717) is 27.1 Å². The van der Waals surface area contributed by atoms with E-state index < -0.39 is 0 Å². The van der Waals surface area contributed by atoms with Gasteiger partial charge in [-0.2, -0.15) is 0 Å². The highest BCUT2D eigenvalue weighted by Crippen LogP contribution is 2.31. The van der Waals surface area contributed by atoms with Crippen LogP contribution < -0.4 is 10.7 Å². The monoisotopic (exact) mass is 381 g/mol. The molecule has 0 atom stereocenters. The molecule has 0 saturated heterocycles. The molecule has 1 aliphatic carbocycles. The summed E-state index contributed by atoms with van der Waals surface area (Å²) < 4.78 is 5.95. The summed E-state index contributed by atoms with van der Waals surface area (Å²) in [5.41, 5.74) is 1.31. The van der Waals surface area contributed by atoms with Gasteiger partial charge in [-0.3, -0.25) is 14.9 Å². The smallest absolute Gasteiger partial charge is 0.229 e. The maximum atomic E-state index is 13.1. The van der Waals surface area contributed by atoms with Crippen LogP contribution in [0.15, 0.2) is 57.7 Å². The number of nitrogens with one attached hydrogen (secondary N) is 1. The zero-order valence-electron chi connectivity index (χ0n) is 14.8. The Morgan fingerprint density at radius 3 is 2.44 bits per heavy atom. The predicted octanol–water partition coefficient (Wildman–Crippen LogP) is 5.63. The number of carbonyl (C=O) groups excluding carboxylic acids is 1. The van der Waals surface area contributed by atoms with E-state index in [4.69, 9.17) is 16.0 Å². The van der Waals surface area contributed by atoms with Gasteiger partial charge in [-0.05, 0) is 42.7 Å². The summed E-state index contributed by atoms with van der Waals surface area (Å²) >= 11 is 5.99. The minimum Gasteiger partial charge on any atom is -0.439 e. The number of para-hydroxylation sites is 1. The third kappa shape index (κ3) is 3.62. The van der Waals surface area contributed by atoms with Crippen LogP contribution in [-0.4, -0.2) is 5.91 Å². The van der Waals surface area contributed by atoms with Gasteiger partial charge in [0, 0.05) is 10.9 Å². The predicted molar refractivity (Wildman–Crippen MR) is 108 cm³/mol. The van der Waals surface area contributed by atoms with Crippen molar-refractivity contribution in [2.45, 2.75) is 32.1 Å². The zero-order chi connectivity index (χ0) is 18.8. The fraction of sp³-hybridized carbons (Fsp3) is 0.273. The molecule has 138 valence electrons. The molecule has 1 aromatic heterocycles. The van der Waals surface area contributed by atoms with Crippen LogP contribution in [0.4, 0.5) is 5.88 Å². The second-order valence-corrected chi connectivity index (χ2v) is 7.40. The number of hydrogen-bond acceptors (Lipinski definition) is 3. The summed E-state index contributed by atoms with van der Waals surface area (Å²) in [6, 6.07) is 14.0. The average molecular weight is 382 g/mol. The molecule has 0 bridgehead atoms. The molecular formula is C22H20ClNO3. The molecule has 1 fully saturated rings. The largest absolute Gasteiger partial charge is 0.439 e. The number of benzene rings is 2. The fourth-order valence-electron chi connectivity index (χ4n) is 3.69. The Kier molecular flexibility index (Phi) is 4.99. The second-order valence-electron chi connectivity index (χ2n) is 6.96. The third-order valence-electron chi connectivity index (χ3n) is 5.14. The number of amides is 1. The summed E-state index contributed by atoms with van der Waals surface area (Å²) in [5, 5.41) is 3.95. The molecule has 27 heavy (non-hydrogen) atoms. The molecule has 5 heteroatoms. The quantitative estimate of drug-likeness (QED) is 0.639. The fourth-order valence-corrected chi connectivity index (χ4v) is 3.81. The van der Waals surface area contributed by atoms with Crippen LogP contribution in [0.25, 0.3) is 22.1 Å². The lowest BCUT2D eigenvalue weighted by Gasteiger charge is -2.21. The highest BCUT2D eigenvalue weighted by atomic mass is 35.5. The Morgan fingerprint density at radius 2 is 1.70 bits per heavy atom. The Morgan fingerprint density at radius 1 is 1.00 bits per heavy atom. The van der Waals surface area contributed by atoms with Gasteiger partial charge in [0.2, 0.25) is 17.2 Å². The van der Waals surface area contributed by atoms with Crippen LogP contribution in [-0.2, 0) is 4.79 Å². The molecule has 1 saturated carbocycles. The maximum absolute atomic E-state index is 13.1. The van der Waals surface area contributed by atoms with Crippen molar-refractivity contribution in [1.82, 2.24) is 0 Å². The first-order valence-corrected chi connectivity index (χ1v) is 9.64. The maximum Gasteiger partial charge on any atom is 0.229 e. The number of anilines is 1. The molecule has 0 unspecified atom stereocenters. The lowest BCUT2D eigenvalue weighted by Crippen LogP contribution is -2.26. The van der Waals surface area contributed by atoms with Crippen LogP contribution in [0, 0.1) is 5.92 Å². The van der Waals surface area contributed by atoms with Crippen molar-refractivity contribution in [1.29, 1.82) is 0 Å². The SMILES string of the molecule is O=C(Nc1oc2ccccc2c(=O)c1-c1ccc(Cl)cc1)C1CCCCC1. The van der Waals surface area contributed by atoms with Crippen molar-refractivity contribution in [2.24, 2.45) is 5.92 Å². The summed E-state index contributed by atoms with van der Waals surface area (Å²) in [5.74, 6) is 0.0912. The van der Waals surface area contributed by atoms with Crippen molar-refractivity contribution < 1.29 is 9.21 Å². The molecule has 4 rings (SSSR count). The molecule has 3 aromatic rings. The van der Waals surface area contributed by atoms with Gasteiger partial charge in [0.25, 0.3) is 0 Å². The Balaban J connectivity index is 1.82. The topological polar surface area (TPSA) is 59.3 Å². The molecule has 0 spiro atoms. The van der Waals surface area contributed by atoms with E-state index in [-0.39, 0.29) is 23.1 Å². The lowest BCUT2D eigenvalue weighted by atomic mass is 9.88. The van der Waals surface area contributed by atoms with Crippen molar-refractivity contribution >= 4 is 34.4 Å². The van der Waals surface area contributed by atoms with Crippen LogP contribution in [0.3, 0.4) is 0 Å². The van der Waals surface area contributed by atoms with Gasteiger partial charge in [0.15, 0.2) is 0 Å². The van der Waals surface area contributed by atoms with Gasteiger partial charge in [0.1, 0.15) is 5.58 Å². The highest BCUT2D eigenvalue weighted by molar-refractivity contribution is 6.30. The second kappa shape index (κ2) is 7.57. The van der Waals surface area contributed by atoms with Gasteiger partial charge in [-0.15, -0.1) is 0 Å². The van der Waals surface area contributed by atoms with Crippen molar-refractivity contribution in [3.63, 3.8) is 0 Å². The number of rotatable bonds is 3. The molecule has 1 N–H and O–H groups in total. The van der Waals surface area contributed by atoms with Crippen LogP contribution >= 0.6 is 11.6 Å². The third-order valence-corrected chi connectivity index (χ3v) is 5.40. The zero-order valence-corrected chi connectivity index (χ0v) is 15.6. The summed E-state index contributed by atoms with van der Waals surface area (Å²) in [7, 11) is 0. The van der Waals surface area contributed by atoms with Gasteiger partial charge in [0.05, 0.1) is 10.9 Å². The first-order chi connectivity index (χ1) is 13.1. The standard InChI is InChI=1S/C22H20ClNO3/c23-16-12-10-14(11-13-16)19-20(25)17-8-4-5-9-18(17)27-22(19)24-21(26)15-6-2-1-3-7-15/h4-5,8-13,15H,1-3,6-7H2,(H,24,26). The van der Waals surface area contributed by atoms with Gasteiger partial charge in [-0.1, -0.05) is 55.1 Å². The molecule has 1 aliphatic rings. The van der Waals surface area contributed by atoms with Gasteiger partial charge in [-0.25, -0.2) is 0 Å². The van der Waals surface area contributed by atoms with E-state index in [2.05, 4.69) is 5.32 Å². The van der Waals surface area contributed by atoms with Gasteiger partial charge >= 0.3 is 0 Å². The average Bonchev–Trinajstić information content (AvgIpc) is 2.70. The summed E-state index contributed by atoms with van der Waals surface area (Å²) in [6.07, 6.45) is 5.04. The van der Waals surface area contributed by atoms with Crippen LogP contribution in [0.5, 0.6) is 0 Å². The van der Waals surface area contributed by atoms with Gasteiger partial charge < -0.3 is 4.42 Å². The number of hydrogen-bond donors (Lipinski definition) is 1. The van der Waals surface area contributed by atoms with E-state index in [1.54, 1.807) is 48.5 Å². The van der Waals surface area contributed by atoms with Crippen LogP contribution in [0.1, 0.15) is 32.1 Å². The molecular weight excluding hydrogens is 362 g/mol. The Labute approximate surface area is 162 Å². The summed E-state index contributed by atoms with van der Waals surface area (Å²) in [4.78, 5) is 25.9. The summed E-state index contributed by atoms with van der Waals surface area (Å²) in [6.45, 7) is 0. The molecule has 2 aromatic carbocycles. The van der Waals surface area contributed by atoms with Crippen molar-refractivity contribution in [2.75, 3.05) is 5.32 Å². The lowest BCUT2D eigenvalue weighted by molar-refractivity contribution is -0.120.